The van der Waals surface area contributed by atoms with Gasteiger partial charge in [-0.1, -0.05) is 47.6 Å². The highest BCUT2D eigenvalue weighted by Crippen LogP contribution is 2.39. The van der Waals surface area contributed by atoms with Crippen molar-refractivity contribution in [3.05, 3.63) is 59.9 Å². The van der Waals surface area contributed by atoms with Crippen LogP contribution in [0.2, 0.25) is 0 Å². The van der Waals surface area contributed by atoms with Crippen LogP contribution in [0.3, 0.4) is 0 Å². The van der Waals surface area contributed by atoms with Gasteiger partial charge in [0, 0.05) is 28.8 Å². The monoisotopic (exact) mass is 373 g/mol. The van der Waals surface area contributed by atoms with E-state index in [4.69, 9.17) is 9.26 Å². The molecule has 1 aliphatic rings. The van der Waals surface area contributed by atoms with E-state index >= 15 is 0 Å². The smallest absolute Gasteiger partial charge is 0.279 e. The average molecular weight is 373 g/mol. The lowest BCUT2D eigenvalue weighted by Crippen LogP contribution is -2.05. The van der Waals surface area contributed by atoms with Crippen LogP contribution in [0.15, 0.2) is 53.1 Å². The van der Waals surface area contributed by atoms with Gasteiger partial charge in [0.05, 0.1) is 7.11 Å². The number of ether oxygens (including phenoxy) is 1. The van der Waals surface area contributed by atoms with Crippen molar-refractivity contribution in [3.8, 4) is 17.3 Å². The Labute approximate surface area is 161 Å². The zero-order chi connectivity index (χ0) is 18.9. The van der Waals surface area contributed by atoms with Crippen LogP contribution in [0, 0.1) is 0 Å². The van der Waals surface area contributed by atoms with Gasteiger partial charge in [0.15, 0.2) is 17.3 Å². The SMILES string of the molecule is COc1ccccc1CNc1nnc(-c2nc(C3CC3)no2)c2ccccc12. The van der Waals surface area contributed by atoms with Crippen molar-refractivity contribution in [2.24, 2.45) is 0 Å². The first-order chi connectivity index (χ1) is 13.8. The summed E-state index contributed by atoms with van der Waals surface area (Å²) < 4.78 is 10.9. The van der Waals surface area contributed by atoms with Gasteiger partial charge in [-0.15, -0.1) is 10.2 Å². The van der Waals surface area contributed by atoms with E-state index in [1.165, 1.54) is 0 Å². The van der Waals surface area contributed by atoms with Crippen molar-refractivity contribution in [3.63, 3.8) is 0 Å². The second-order valence-electron chi connectivity index (χ2n) is 6.84. The van der Waals surface area contributed by atoms with Gasteiger partial charge in [0.1, 0.15) is 5.75 Å². The summed E-state index contributed by atoms with van der Waals surface area (Å²) in [5, 5.41) is 18.1. The number of nitrogens with zero attached hydrogens (tertiary/aromatic N) is 4. The summed E-state index contributed by atoms with van der Waals surface area (Å²) in [6.45, 7) is 0.578. The molecule has 4 aromatic rings. The summed E-state index contributed by atoms with van der Waals surface area (Å²) in [5.74, 6) is 3.15. The number of aromatic nitrogens is 4. The molecule has 0 unspecified atom stereocenters. The Hall–Kier alpha value is -3.48. The van der Waals surface area contributed by atoms with Crippen LogP contribution in [0.25, 0.3) is 22.4 Å². The highest BCUT2D eigenvalue weighted by atomic mass is 16.5. The van der Waals surface area contributed by atoms with Gasteiger partial charge in [0.2, 0.25) is 0 Å². The summed E-state index contributed by atoms with van der Waals surface area (Å²) in [5.41, 5.74) is 1.66. The van der Waals surface area contributed by atoms with Gasteiger partial charge in [-0.25, -0.2) is 0 Å². The van der Waals surface area contributed by atoms with Gasteiger partial charge in [0.25, 0.3) is 5.89 Å². The van der Waals surface area contributed by atoms with Crippen LogP contribution < -0.4 is 10.1 Å². The molecule has 2 heterocycles. The normalized spacial score (nSPS) is 13.6. The maximum atomic E-state index is 5.46. The molecule has 0 radical (unpaired) electrons. The topological polar surface area (TPSA) is 86.0 Å². The molecule has 7 nitrogen and oxygen atoms in total. The number of anilines is 1. The molecule has 2 aromatic carbocycles. The first-order valence-electron chi connectivity index (χ1n) is 9.28. The number of nitrogens with one attached hydrogen (secondary N) is 1. The molecule has 0 amide bonds. The van der Waals surface area contributed by atoms with Crippen molar-refractivity contribution >= 4 is 16.6 Å². The highest BCUT2D eigenvalue weighted by molar-refractivity contribution is 5.98. The maximum absolute atomic E-state index is 5.46. The first-order valence-corrected chi connectivity index (χ1v) is 9.28. The van der Waals surface area contributed by atoms with Crippen LogP contribution in [0.4, 0.5) is 5.82 Å². The molecule has 0 aliphatic heterocycles. The summed E-state index contributed by atoms with van der Waals surface area (Å²) in [4.78, 5) is 4.52. The Kier molecular flexibility index (Phi) is 4.12. The molecule has 2 aromatic heterocycles. The van der Waals surface area contributed by atoms with Crippen molar-refractivity contribution in [1.29, 1.82) is 0 Å². The van der Waals surface area contributed by atoms with E-state index in [9.17, 15) is 0 Å². The largest absolute Gasteiger partial charge is 0.496 e. The number of rotatable bonds is 6. The number of fused-ring (bicyclic) bond motifs is 1. The molecule has 1 fully saturated rings. The van der Waals surface area contributed by atoms with Crippen LogP contribution in [-0.4, -0.2) is 27.4 Å². The zero-order valence-electron chi connectivity index (χ0n) is 15.4. The third-order valence-corrected chi connectivity index (χ3v) is 4.91. The number of benzene rings is 2. The number of hydrogen-bond acceptors (Lipinski definition) is 7. The van der Waals surface area contributed by atoms with Gasteiger partial charge in [-0.3, -0.25) is 0 Å². The lowest BCUT2D eigenvalue weighted by atomic mass is 10.1. The predicted octanol–water partition coefficient (Wildman–Crippen LogP) is 4.18. The molecule has 140 valence electrons. The standard InChI is InChI=1S/C21H19N5O2/c1-27-17-9-5-2-6-14(17)12-22-20-16-8-4-3-7-15(16)18(24-25-20)21-23-19(26-28-21)13-10-11-13/h2-9,13H,10-12H2,1H3,(H,22,25). The fourth-order valence-corrected chi connectivity index (χ4v) is 3.26. The van der Waals surface area contributed by atoms with E-state index in [0.717, 1.165) is 40.8 Å². The zero-order valence-corrected chi connectivity index (χ0v) is 15.4. The lowest BCUT2D eigenvalue weighted by Gasteiger charge is -2.12. The minimum absolute atomic E-state index is 0.418. The highest BCUT2D eigenvalue weighted by Gasteiger charge is 2.29. The summed E-state index contributed by atoms with van der Waals surface area (Å²) >= 11 is 0. The third-order valence-electron chi connectivity index (χ3n) is 4.91. The average Bonchev–Trinajstić information content (AvgIpc) is 3.49. The van der Waals surface area contributed by atoms with E-state index in [2.05, 4.69) is 25.7 Å². The number of methoxy groups -OCH3 is 1. The lowest BCUT2D eigenvalue weighted by molar-refractivity contribution is 0.410. The van der Waals surface area contributed by atoms with Gasteiger partial charge >= 0.3 is 0 Å². The molecule has 1 saturated carbocycles. The van der Waals surface area contributed by atoms with Crippen LogP contribution in [0.1, 0.15) is 30.1 Å². The molecule has 0 saturated heterocycles. The molecule has 0 spiro atoms. The molecule has 7 heteroatoms. The van der Waals surface area contributed by atoms with Gasteiger partial charge in [-0.05, 0) is 18.9 Å². The molecule has 1 N–H and O–H groups in total. The Bertz CT molecular complexity index is 1140. The van der Waals surface area contributed by atoms with Crippen molar-refractivity contribution < 1.29 is 9.26 Å². The predicted molar refractivity (Wildman–Crippen MR) is 105 cm³/mol. The Morgan fingerprint density at radius 2 is 1.82 bits per heavy atom. The second-order valence-corrected chi connectivity index (χ2v) is 6.84. The van der Waals surface area contributed by atoms with Crippen molar-refractivity contribution in [2.75, 3.05) is 12.4 Å². The van der Waals surface area contributed by atoms with E-state index in [0.29, 0.717) is 29.9 Å². The van der Waals surface area contributed by atoms with Crippen LogP contribution >= 0.6 is 0 Å². The molecule has 0 bridgehead atoms. The van der Waals surface area contributed by atoms with E-state index in [-0.39, 0.29) is 0 Å². The van der Waals surface area contributed by atoms with Gasteiger partial charge in [-0.2, -0.15) is 4.98 Å². The van der Waals surface area contributed by atoms with Crippen LogP contribution in [-0.2, 0) is 6.54 Å². The maximum Gasteiger partial charge on any atom is 0.279 e. The summed E-state index contributed by atoms with van der Waals surface area (Å²) in [6.07, 6.45) is 2.24. The first kappa shape index (κ1) is 16.7. The third kappa shape index (κ3) is 3.05. The van der Waals surface area contributed by atoms with Gasteiger partial charge < -0.3 is 14.6 Å². The Morgan fingerprint density at radius 1 is 1.04 bits per heavy atom. The van der Waals surface area contributed by atoms with Crippen LogP contribution in [0.5, 0.6) is 5.75 Å². The fraction of sp³-hybridized carbons (Fsp3) is 0.238. The quantitative estimate of drug-likeness (QED) is 0.542. The van der Waals surface area contributed by atoms with E-state index < -0.39 is 0 Å². The summed E-state index contributed by atoms with van der Waals surface area (Å²) in [6, 6.07) is 15.8. The number of para-hydroxylation sites is 1. The molecule has 5 rings (SSSR count). The molecular formula is C21H19N5O2. The summed E-state index contributed by atoms with van der Waals surface area (Å²) in [7, 11) is 1.67. The second kappa shape index (κ2) is 6.92. The minimum Gasteiger partial charge on any atom is -0.496 e. The Morgan fingerprint density at radius 3 is 2.64 bits per heavy atom. The fourth-order valence-electron chi connectivity index (χ4n) is 3.26. The molecular weight excluding hydrogens is 354 g/mol. The van der Waals surface area contributed by atoms with Crippen molar-refractivity contribution in [1.82, 2.24) is 20.3 Å². The minimum atomic E-state index is 0.418. The molecule has 1 aliphatic carbocycles. The van der Waals surface area contributed by atoms with E-state index in [1.807, 2.05) is 48.5 Å². The number of hydrogen-bond donors (Lipinski definition) is 1. The Balaban J connectivity index is 1.49. The molecule has 28 heavy (non-hydrogen) atoms. The van der Waals surface area contributed by atoms with Crippen molar-refractivity contribution in [2.45, 2.75) is 25.3 Å². The van der Waals surface area contributed by atoms with E-state index in [1.54, 1.807) is 7.11 Å². The molecule has 0 atom stereocenters.